The standard InChI is InChI=1S/C23H22N4O4S.2CH2O3.H3N/c1-14(2)32(28,29)17-8-6-16(7-9-17)19-12-24-13-20(25-19)23-27-26-22(31-23)18-10-5-15(3)11-21(18)30-4;2*2-1(3)4;/h5-14H,1-4H3;2*(H2,2,3,4);1H3. The van der Waals surface area contributed by atoms with E-state index in [9.17, 15) is 8.42 Å². The number of aromatic nitrogens is 4. The van der Waals surface area contributed by atoms with Gasteiger partial charge in [0.25, 0.3) is 11.8 Å². The molecule has 0 radical (unpaired) electrons. The molecule has 4 rings (SSSR count). The van der Waals surface area contributed by atoms with E-state index in [1.165, 1.54) is 6.20 Å². The van der Waals surface area contributed by atoms with E-state index >= 15 is 0 Å². The van der Waals surface area contributed by atoms with E-state index in [1.807, 2.05) is 25.1 Å². The molecule has 16 heteroatoms. The van der Waals surface area contributed by atoms with Crippen LogP contribution in [-0.4, -0.2) is 73.7 Å². The molecule has 2 aromatic carbocycles. The van der Waals surface area contributed by atoms with E-state index in [2.05, 4.69) is 20.2 Å². The van der Waals surface area contributed by atoms with Crippen molar-refractivity contribution in [1.82, 2.24) is 26.3 Å². The molecule has 0 aliphatic heterocycles. The quantitative estimate of drug-likeness (QED) is 0.198. The van der Waals surface area contributed by atoms with Gasteiger partial charge in [-0.15, -0.1) is 10.2 Å². The van der Waals surface area contributed by atoms with Crippen LogP contribution in [0.2, 0.25) is 0 Å². The summed E-state index contributed by atoms with van der Waals surface area (Å²) in [6, 6.07) is 12.3. The van der Waals surface area contributed by atoms with Gasteiger partial charge < -0.3 is 35.7 Å². The van der Waals surface area contributed by atoms with Crippen molar-refractivity contribution in [3.63, 3.8) is 0 Å². The number of sulfone groups is 1. The number of nitrogens with zero attached hydrogens (tertiary/aromatic N) is 4. The minimum atomic E-state index is -3.34. The number of hydrogen-bond acceptors (Lipinski definition) is 11. The highest BCUT2D eigenvalue weighted by atomic mass is 32.2. The molecule has 0 spiro atoms. The van der Waals surface area contributed by atoms with E-state index < -0.39 is 27.4 Å². The number of aryl methyl sites for hydroxylation is 1. The van der Waals surface area contributed by atoms with Crippen LogP contribution in [0.25, 0.3) is 34.3 Å². The predicted molar refractivity (Wildman–Crippen MR) is 146 cm³/mol. The molecule has 2 aromatic heterocycles. The average Bonchev–Trinajstić information content (AvgIpc) is 3.38. The Labute approximate surface area is 234 Å². The number of carbonyl (C=O) groups is 2. The van der Waals surface area contributed by atoms with Crippen LogP contribution >= 0.6 is 0 Å². The van der Waals surface area contributed by atoms with Gasteiger partial charge in [-0.25, -0.2) is 23.0 Å². The van der Waals surface area contributed by atoms with Gasteiger partial charge in [0.05, 0.1) is 40.9 Å². The Kier molecular flexibility index (Phi) is 12.3. The summed E-state index contributed by atoms with van der Waals surface area (Å²) in [5.74, 6) is 1.17. The SMILES string of the molecule is COc1cc(C)ccc1-c1nnc(-c2cncc(-c3ccc(S(=O)(=O)C(C)C)cc3)n2)o1.N.O=C(O)O.O=C(O)O. The third-order valence-corrected chi connectivity index (χ3v) is 7.14. The fourth-order valence-electron chi connectivity index (χ4n) is 3.11. The predicted octanol–water partition coefficient (Wildman–Crippen LogP) is 4.97. The number of ether oxygens (including phenoxy) is 1. The molecule has 0 fully saturated rings. The fraction of sp³-hybridized carbons (Fsp3) is 0.200. The Morgan fingerprint density at radius 1 is 0.878 bits per heavy atom. The average molecular weight is 592 g/mol. The zero-order chi connectivity index (χ0) is 30.0. The van der Waals surface area contributed by atoms with Crippen LogP contribution in [-0.2, 0) is 9.84 Å². The van der Waals surface area contributed by atoms with Crippen molar-refractivity contribution < 1.29 is 47.6 Å². The second-order valence-corrected chi connectivity index (χ2v) is 10.6. The number of hydrogen-bond donors (Lipinski definition) is 5. The lowest BCUT2D eigenvalue weighted by Gasteiger charge is -2.08. The molecule has 0 saturated carbocycles. The molecule has 0 atom stereocenters. The first-order valence-electron chi connectivity index (χ1n) is 11.2. The third kappa shape index (κ3) is 9.55. The first-order chi connectivity index (χ1) is 18.8. The summed E-state index contributed by atoms with van der Waals surface area (Å²) in [4.78, 5) is 26.2. The van der Waals surface area contributed by atoms with Crippen LogP contribution in [0.4, 0.5) is 9.59 Å². The Bertz CT molecular complexity index is 1550. The molecule has 220 valence electrons. The normalized spacial score (nSPS) is 10.3. The number of carboxylic acid groups (broad SMARTS) is 4. The summed E-state index contributed by atoms with van der Waals surface area (Å²) < 4.78 is 35.9. The summed E-state index contributed by atoms with van der Waals surface area (Å²) in [6.45, 7) is 5.28. The molecule has 4 aromatic rings. The van der Waals surface area contributed by atoms with Crippen molar-refractivity contribution in [2.24, 2.45) is 0 Å². The van der Waals surface area contributed by atoms with Gasteiger partial charge in [-0.05, 0) is 50.6 Å². The maximum absolute atomic E-state index is 12.3. The van der Waals surface area contributed by atoms with Gasteiger partial charge in [0.1, 0.15) is 11.4 Å². The molecule has 2 heterocycles. The Morgan fingerprint density at radius 3 is 1.95 bits per heavy atom. The maximum Gasteiger partial charge on any atom is 0.503 e. The van der Waals surface area contributed by atoms with Gasteiger partial charge in [0.15, 0.2) is 9.84 Å². The van der Waals surface area contributed by atoms with Crippen molar-refractivity contribution in [2.45, 2.75) is 30.9 Å². The monoisotopic (exact) mass is 591 g/mol. The lowest BCUT2D eigenvalue weighted by atomic mass is 10.1. The molecule has 7 N–H and O–H groups in total. The molecule has 0 unspecified atom stereocenters. The summed E-state index contributed by atoms with van der Waals surface area (Å²) >= 11 is 0. The van der Waals surface area contributed by atoms with Crippen molar-refractivity contribution in [1.29, 1.82) is 0 Å². The maximum atomic E-state index is 12.3. The molecule has 41 heavy (non-hydrogen) atoms. The third-order valence-electron chi connectivity index (χ3n) is 4.97. The second kappa shape index (κ2) is 14.9. The zero-order valence-corrected chi connectivity index (χ0v) is 23.2. The second-order valence-electron chi connectivity index (χ2n) is 8.09. The van der Waals surface area contributed by atoms with Crippen LogP contribution in [0.5, 0.6) is 5.75 Å². The highest BCUT2D eigenvalue weighted by Gasteiger charge is 2.20. The van der Waals surface area contributed by atoms with Gasteiger partial charge in [0.2, 0.25) is 0 Å². The smallest absolute Gasteiger partial charge is 0.496 e. The first-order valence-corrected chi connectivity index (χ1v) is 12.8. The Morgan fingerprint density at radius 2 is 1.41 bits per heavy atom. The summed E-state index contributed by atoms with van der Waals surface area (Å²) in [6.07, 6.45) is -0.541. The van der Waals surface area contributed by atoms with Gasteiger partial charge in [-0.3, -0.25) is 4.98 Å². The first kappa shape index (κ1) is 33.9. The van der Waals surface area contributed by atoms with E-state index in [0.717, 1.165) is 11.1 Å². The summed E-state index contributed by atoms with van der Waals surface area (Å²) in [5.41, 5.74) is 3.43. The highest BCUT2D eigenvalue weighted by Crippen LogP contribution is 2.31. The summed E-state index contributed by atoms with van der Waals surface area (Å²) in [5, 5.41) is 35.6. The van der Waals surface area contributed by atoms with Crippen LogP contribution in [0, 0.1) is 6.92 Å². The van der Waals surface area contributed by atoms with Crippen LogP contribution in [0.1, 0.15) is 19.4 Å². The molecule has 0 bridgehead atoms. The van der Waals surface area contributed by atoms with E-state index in [-0.39, 0.29) is 16.9 Å². The van der Waals surface area contributed by atoms with Gasteiger partial charge in [-0.2, -0.15) is 0 Å². The Hall–Kier alpha value is -5.09. The zero-order valence-electron chi connectivity index (χ0n) is 22.4. The number of methoxy groups -OCH3 is 1. The molecule has 0 aliphatic rings. The molecule has 0 saturated heterocycles. The lowest BCUT2D eigenvalue weighted by Crippen LogP contribution is -2.13. The molecular formula is C25H29N5O10S. The minimum Gasteiger partial charge on any atom is -0.496 e. The van der Waals surface area contributed by atoms with E-state index in [0.29, 0.717) is 28.6 Å². The van der Waals surface area contributed by atoms with Crippen molar-refractivity contribution in [3.8, 4) is 40.0 Å². The van der Waals surface area contributed by atoms with Crippen molar-refractivity contribution in [3.05, 3.63) is 60.4 Å². The highest BCUT2D eigenvalue weighted by molar-refractivity contribution is 7.92. The van der Waals surface area contributed by atoms with Crippen molar-refractivity contribution >= 4 is 22.1 Å². The van der Waals surface area contributed by atoms with Crippen LogP contribution < -0.4 is 10.9 Å². The topological polar surface area (TPSA) is 258 Å². The van der Waals surface area contributed by atoms with Crippen LogP contribution in [0.3, 0.4) is 0 Å². The molecule has 15 nitrogen and oxygen atoms in total. The summed E-state index contributed by atoms with van der Waals surface area (Å²) in [7, 11) is -1.75. The van der Waals surface area contributed by atoms with Crippen LogP contribution in [0.15, 0.2) is 64.2 Å². The number of benzene rings is 2. The number of rotatable bonds is 6. The van der Waals surface area contributed by atoms with E-state index in [1.54, 1.807) is 51.4 Å². The minimum absolute atomic E-state index is 0. The molecular weight excluding hydrogens is 562 g/mol. The molecule has 0 aliphatic carbocycles. The van der Waals surface area contributed by atoms with Crippen molar-refractivity contribution in [2.75, 3.05) is 7.11 Å². The fourth-order valence-corrected chi connectivity index (χ4v) is 4.17. The molecule has 0 amide bonds. The largest absolute Gasteiger partial charge is 0.503 e. The van der Waals surface area contributed by atoms with Gasteiger partial charge in [0, 0.05) is 5.56 Å². The lowest BCUT2D eigenvalue weighted by molar-refractivity contribution is 0.135. The van der Waals surface area contributed by atoms with Gasteiger partial charge in [-0.1, -0.05) is 18.2 Å². The Balaban J connectivity index is 0.000000830. The van der Waals surface area contributed by atoms with Gasteiger partial charge >= 0.3 is 12.3 Å². The van der Waals surface area contributed by atoms with E-state index in [4.69, 9.17) is 39.2 Å².